The van der Waals surface area contributed by atoms with E-state index in [2.05, 4.69) is 38.1 Å². The van der Waals surface area contributed by atoms with Gasteiger partial charge in [0, 0.05) is 12.3 Å². The van der Waals surface area contributed by atoms with Crippen molar-refractivity contribution in [2.45, 2.75) is 25.9 Å². The molecule has 1 aromatic rings. The molecule has 0 fully saturated rings. The van der Waals surface area contributed by atoms with Crippen molar-refractivity contribution in [3.8, 4) is 0 Å². The minimum Gasteiger partial charge on any atom is -0.323 e. The van der Waals surface area contributed by atoms with Crippen molar-refractivity contribution in [2.24, 2.45) is 5.92 Å². The van der Waals surface area contributed by atoms with E-state index < -0.39 is 7.14 Å². The molecule has 0 saturated heterocycles. The van der Waals surface area contributed by atoms with Gasteiger partial charge in [-0.25, -0.2) is 0 Å². The highest BCUT2D eigenvalue weighted by atomic mass is 31.2. The first-order chi connectivity index (χ1) is 6.98. The van der Waals surface area contributed by atoms with Crippen LogP contribution in [0.2, 0.25) is 0 Å². The average molecular weight is 222 g/mol. The second-order valence-electron chi connectivity index (χ2n) is 5.23. The molecule has 0 spiro atoms. The van der Waals surface area contributed by atoms with Gasteiger partial charge >= 0.3 is 0 Å². The van der Waals surface area contributed by atoms with Crippen LogP contribution in [0.1, 0.15) is 30.9 Å². The molecule has 1 aliphatic rings. The van der Waals surface area contributed by atoms with Crippen molar-refractivity contribution in [1.82, 2.24) is 0 Å². The summed E-state index contributed by atoms with van der Waals surface area (Å²) in [6.07, 6.45) is 1.66. The summed E-state index contributed by atoms with van der Waals surface area (Å²) in [5.74, 6) is 1.05. The van der Waals surface area contributed by atoms with Crippen LogP contribution in [0.5, 0.6) is 0 Å². The molecule has 0 saturated carbocycles. The Bertz CT molecular complexity index is 409. The van der Waals surface area contributed by atoms with E-state index in [0.29, 0.717) is 11.8 Å². The van der Waals surface area contributed by atoms with E-state index in [1.54, 1.807) is 0 Å². The Morgan fingerprint density at radius 1 is 1.40 bits per heavy atom. The smallest absolute Gasteiger partial charge is 0.0896 e. The van der Waals surface area contributed by atoms with Gasteiger partial charge in [-0.2, -0.15) is 0 Å². The lowest BCUT2D eigenvalue weighted by molar-refractivity contribution is 0.522. The lowest BCUT2D eigenvalue weighted by Gasteiger charge is -2.22. The van der Waals surface area contributed by atoms with Crippen LogP contribution >= 0.6 is 7.14 Å². The maximum absolute atomic E-state index is 12.4. The average Bonchev–Trinajstić information content (AvgIpc) is 2.21. The molecule has 0 N–H and O–H groups in total. The zero-order chi connectivity index (χ0) is 11.1. The predicted octanol–water partition coefficient (Wildman–Crippen LogP) is 3.93. The Morgan fingerprint density at radius 2 is 2.13 bits per heavy atom. The summed E-state index contributed by atoms with van der Waals surface area (Å²) in [4.78, 5) is 0. The van der Waals surface area contributed by atoms with E-state index in [1.807, 2.05) is 6.66 Å². The quantitative estimate of drug-likeness (QED) is 0.658. The first kappa shape index (κ1) is 11.0. The molecule has 0 radical (unpaired) electrons. The number of fused-ring (bicyclic) bond motifs is 2. The van der Waals surface area contributed by atoms with Crippen LogP contribution < -0.4 is 0 Å². The third-order valence-electron chi connectivity index (χ3n) is 3.28. The van der Waals surface area contributed by atoms with Crippen LogP contribution in [0.4, 0.5) is 0 Å². The molecule has 2 rings (SSSR count). The van der Waals surface area contributed by atoms with E-state index in [0.717, 1.165) is 12.3 Å². The zero-order valence-electron chi connectivity index (χ0n) is 9.73. The molecule has 1 aromatic carbocycles. The third kappa shape index (κ3) is 2.34. The van der Waals surface area contributed by atoms with Crippen molar-refractivity contribution in [1.29, 1.82) is 0 Å². The summed E-state index contributed by atoms with van der Waals surface area (Å²) in [5.41, 5.74) is 2.63. The first-order valence-corrected chi connectivity index (χ1v) is 8.15. The molecule has 15 heavy (non-hydrogen) atoms. The molecule has 1 heterocycles. The molecule has 2 bridgehead atoms. The Hall–Kier alpha value is -0.550. The molecule has 2 atom stereocenters. The van der Waals surface area contributed by atoms with Gasteiger partial charge in [0.1, 0.15) is 0 Å². The van der Waals surface area contributed by atoms with Crippen LogP contribution in [-0.2, 0) is 10.7 Å². The zero-order valence-corrected chi connectivity index (χ0v) is 10.6. The van der Waals surface area contributed by atoms with Crippen LogP contribution in [-0.4, -0.2) is 12.8 Å². The van der Waals surface area contributed by atoms with Gasteiger partial charge in [-0.3, -0.25) is 0 Å². The summed E-state index contributed by atoms with van der Waals surface area (Å²) < 4.78 is 12.4. The fourth-order valence-electron chi connectivity index (χ4n) is 2.49. The Balaban J connectivity index is 2.46. The molecule has 0 amide bonds. The third-order valence-corrected chi connectivity index (χ3v) is 5.48. The van der Waals surface area contributed by atoms with Gasteiger partial charge in [-0.15, -0.1) is 0 Å². The van der Waals surface area contributed by atoms with E-state index in [1.165, 1.54) is 11.1 Å². The second-order valence-corrected chi connectivity index (χ2v) is 8.51. The Kier molecular flexibility index (Phi) is 2.77. The minimum atomic E-state index is -1.97. The highest BCUT2D eigenvalue weighted by Crippen LogP contribution is 2.52. The van der Waals surface area contributed by atoms with E-state index >= 15 is 0 Å². The van der Waals surface area contributed by atoms with Crippen molar-refractivity contribution >= 4 is 7.14 Å². The van der Waals surface area contributed by atoms with Crippen LogP contribution in [0.3, 0.4) is 0 Å². The number of benzene rings is 1. The van der Waals surface area contributed by atoms with Crippen LogP contribution in [0, 0.1) is 5.92 Å². The fraction of sp³-hybridized carbons (Fsp3) is 0.538. The summed E-state index contributed by atoms with van der Waals surface area (Å²) in [5, 5.41) is 0. The largest absolute Gasteiger partial charge is 0.323 e. The van der Waals surface area contributed by atoms with Crippen molar-refractivity contribution in [3.63, 3.8) is 0 Å². The molecule has 0 aromatic heterocycles. The molecular weight excluding hydrogens is 203 g/mol. The van der Waals surface area contributed by atoms with Crippen molar-refractivity contribution in [3.05, 3.63) is 35.4 Å². The molecule has 2 heteroatoms. The van der Waals surface area contributed by atoms with Gasteiger partial charge in [0.25, 0.3) is 0 Å². The Morgan fingerprint density at radius 3 is 2.80 bits per heavy atom. The Labute approximate surface area is 92.3 Å². The van der Waals surface area contributed by atoms with Crippen molar-refractivity contribution in [2.75, 3.05) is 12.8 Å². The summed E-state index contributed by atoms with van der Waals surface area (Å²) in [7, 11) is -1.97. The lowest BCUT2D eigenvalue weighted by atomic mass is 9.89. The van der Waals surface area contributed by atoms with Gasteiger partial charge in [0.2, 0.25) is 0 Å². The van der Waals surface area contributed by atoms with Gasteiger partial charge in [0.15, 0.2) is 0 Å². The molecule has 2 unspecified atom stereocenters. The van der Waals surface area contributed by atoms with Crippen LogP contribution in [0.25, 0.3) is 0 Å². The van der Waals surface area contributed by atoms with Gasteiger partial charge in [-0.1, -0.05) is 38.1 Å². The molecule has 1 nitrogen and oxygen atoms in total. The van der Waals surface area contributed by atoms with E-state index in [4.69, 9.17) is 0 Å². The molecule has 82 valence electrons. The molecule has 1 aliphatic heterocycles. The van der Waals surface area contributed by atoms with Gasteiger partial charge < -0.3 is 4.57 Å². The van der Waals surface area contributed by atoms with Crippen LogP contribution in [0.15, 0.2) is 24.3 Å². The maximum Gasteiger partial charge on any atom is 0.0896 e. The normalized spacial score (nSPS) is 30.3. The second kappa shape index (κ2) is 3.79. The highest BCUT2D eigenvalue weighted by molar-refractivity contribution is 7.62. The lowest BCUT2D eigenvalue weighted by Crippen LogP contribution is -2.10. The van der Waals surface area contributed by atoms with E-state index in [9.17, 15) is 4.57 Å². The first-order valence-electron chi connectivity index (χ1n) is 5.62. The highest BCUT2D eigenvalue weighted by Gasteiger charge is 2.28. The number of rotatable bonds is 1. The van der Waals surface area contributed by atoms with E-state index in [-0.39, 0.29) is 0 Å². The van der Waals surface area contributed by atoms with Gasteiger partial charge in [0.05, 0.1) is 7.14 Å². The fourth-order valence-corrected chi connectivity index (χ4v) is 5.05. The maximum atomic E-state index is 12.4. The standard InChI is InChI=1S/C13H19OP/c1-10(2)13-9-15(3,14)8-11-5-4-6-12(13)7-11/h4-7,10,13H,8-9H2,1-3H3. The topological polar surface area (TPSA) is 17.1 Å². The summed E-state index contributed by atoms with van der Waals surface area (Å²) in [6, 6.07) is 8.63. The van der Waals surface area contributed by atoms with Crippen molar-refractivity contribution < 1.29 is 4.57 Å². The molecule has 0 aliphatic carbocycles. The monoisotopic (exact) mass is 222 g/mol. The number of hydrogen-bond donors (Lipinski definition) is 0. The minimum absolute atomic E-state index is 0.475. The number of hydrogen-bond acceptors (Lipinski definition) is 1. The SMILES string of the molecule is CC(C)C1CP(C)(=O)Cc2cccc1c2. The summed E-state index contributed by atoms with van der Waals surface area (Å²) >= 11 is 0. The van der Waals surface area contributed by atoms with Gasteiger partial charge in [-0.05, 0) is 29.6 Å². The predicted molar refractivity (Wildman–Crippen MR) is 66.1 cm³/mol. The molecular formula is C13H19OP. The summed E-state index contributed by atoms with van der Waals surface area (Å²) in [6.45, 7) is 6.41.